The number of benzene rings is 1. The molecule has 0 aromatic heterocycles. The Bertz CT molecular complexity index is 364. The van der Waals surface area contributed by atoms with Crippen LogP contribution in [0.25, 0.3) is 0 Å². The maximum Gasteiger partial charge on any atom is 0.0964 e. The molecule has 0 bridgehead atoms. The van der Waals surface area contributed by atoms with E-state index in [0.29, 0.717) is 6.54 Å². The molecule has 1 heterocycles. The molecular formula is C14H21FN2. The van der Waals surface area contributed by atoms with Crippen molar-refractivity contribution >= 4 is 5.69 Å². The number of nitrogens with two attached hydrogens (primary N) is 1. The van der Waals surface area contributed by atoms with Crippen LogP contribution in [0.5, 0.6) is 0 Å². The van der Waals surface area contributed by atoms with E-state index in [9.17, 15) is 4.39 Å². The number of alkyl halides is 1. The van der Waals surface area contributed by atoms with Crippen LogP contribution in [0.4, 0.5) is 10.1 Å². The van der Waals surface area contributed by atoms with Crippen LogP contribution in [0, 0.1) is 12.3 Å². The molecule has 3 heteroatoms. The van der Waals surface area contributed by atoms with Crippen molar-refractivity contribution in [2.45, 2.75) is 19.8 Å². The third kappa shape index (κ3) is 2.60. The molecule has 0 saturated carbocycles. The smallest absolute Gasteiger partial charge is 0.0964 e. The zero-order chi connectivity index (χ0) is 12.3. The van der Waals surface area contributed by atoms with Gasteiger partial charge in [0.05, 0.1) is 6.67 Å². The van der Waals surface area contributed by atoms with Gasteiger partial charge in [-0.25, -0.2) is 0 Å². The van der Waals surface area contributed by atoms with E-state index in [1.54, 1.807) is 0 Å². The van der Waals surface area contributed by atoms with Crippen molar-refractivity contribution in [1.29, 1.82) is 0 Å². The summed E-state index contributed by atoms with van der Waals surface area (Å²) in [5.74, 6) is 0. The second-order valence-electron chi connectivity index (χ2n) is 5.16. The van der Waals surface area contributed by atoms with Gasteiger partial charge in [-0.05, 0) is 37.5 Å². The first-order chi connectivity index (χ1) is 8.19. The van der Waals surface area contributed by atoms with Gasteiger partial charge in [0.25, 0.3) is 0 Å². The zero-order valence-corrected chi connectivity index (χ0v) is 10.5. The Labute approximate surface area is 103 Å². The lowest BCUT2D eigenvalue weighted by molar-refractivity contribution is 0.168. The topological polar surface area (TPSA) is 29.3 Å². The Balaban J connectivity index is 2.04. The molecule has 2 N–H and O–H groups in total. The molecule has 2 nitrogen and oxygen atoms in total. The SMILES string of the molecule is Cc1cccc(N2CCC(CN)(CF)CC2)c1. The van der Waals surface area contributed by atoms with Crippen LogP contribution in [0.15, 0.2) is 24.3 Å². The van der Waals surface area contributed by atoms with Gasteiger partial charge in [-0.3, -0.25) is 4.39 Å². The van der Waals surface area contributed by atoms with Crippen molar-refractivity contribution < 1.29 is 4.39 Å². The summed E-state index contributed by atoms with van der Waals surface area (Å²) in [6, 6.07) is 8.48. The fourth-order valence-electron chi connectivity index (χ4n) is 2.46. The summed E-state index contributed by atoms with van der Waals surface area (Å²) in [6.45, 7) is 4.09. The number of halogens is 1. The van der Waals surface area contributed by atoms with Gasteiger partial charge in [-0.1, -0.05) is 12.1 Å². The molecular weight excluding hydrogens is 215 g/mol. The average molecular weight is 236 g/mol. The van der Waals surface area contributed by atoms with Gasteiger partial charge < -0.3 is 10.6 Å². The molecule has 1 aliphatic heterocycles. The molecule has 0 atom stereocenters. The van der Waals surface area contributed by atoms with Gasteiger partial charge in [0.1, 0.15) is 0 Å². The third-order valence-electron chi connectivity index (χ3n) is 3.91. The van der Waals surface area contributed by atoms with E-state index in [-0.39, 0.29) is 12.1 Å². The fourth-order valence-corrected chi connectivity index (χ4v) is 2.46. The van der Waals surface area contributed by atoms with E-state index in [2.05, 4.69) is 36.1 Å². The van der Waals surface area contributed by atoms with Gasteiger partial charge in [-0.2, -0.15) is 0 Å². The van der Waals surface area contributed by atoms with E-state index < -0.39 is 0 Å². The zero-order valence-electron chi connectivity index (χ0n) is 10.5. The summed E-state index contributed by atoms with van der Waals surface area (Å²) in [6.07, 6.45) is 1.71. The highest BCUT2D eigenvalue weighted by atomic mass is 19.1. The summed E-state index contributed by atoms with van der Waals surface area (Å²) in [5.41, 5.74) is 7.95. The molecule has 94 valence electrons. The van der Waals surface area contributed by atoms with Crippen molar-refractivity contribution in [1.82, 2.24) is 0 Å². The highest BCUT2D eigenvalue weighted by Gasteiger charge is 2.33. The Morgan fingerprint density at radius 1 is 1.35 bits per heavy atom. The van der Waals surface area contributed by atoms with E-state index in [0.717, 1.165) is 25.9 Å². The second-order valence-corrected chi connectivity index (χ2v) is 5.16. The molecule has 17 heavy (non-hydrogen) atoms. The molecule has 1 aromatic carbocycles. The van der Waals surface area contributed by atoms with Crippen molar-refractivity contribution in [2.75, 3.05) is 31.2 Å². The number of hydrogen-bond acceptors (Lipinski definition) is 2. The lowest BCUT2D eigenvalue weighted by Crippen LogP contribution is -2.45. The predicted molar refractivity (Wildman–Crippen MR) is 70.1 cm³/mol. The minimum absolute atomic E-state index is 0.264. The van der Waals surface area contributed by atoms with E-state index in [4.69, 9.17) is 5.73 Å². The molecule has 0 amide bonds. The maximum atomic E-state index is 13.0. The van der Waals surface area contributed by atoms with E-state index in [1.165, 1.54) is 11.3 Å². The van der Waals surface area contributed by atoms with Crippen LogP contribution in [0.1, 0.15) is 18.4 Å². The molecule has 2 rings (SSSR count). The van der Waals surface area contributed by atoms with Crippen LogP contribution in [0.2, 0.25) is 0 Å². The first-order valence-corrected chi connectivity index (χ1v) is 6.27. The molecule has 0 unspecified atom stereocenters. The molecule has 0 aliphatic carbocycles. The first-order valence-electron chi connectivity index (χ1n) is 6.27. The van der Waals surface area contributed by atoms with E-state index in [1.807, 2.05) is 0 Å². The van der Waals surface area contributed by atoms with Gasteiger partial charge in [0.2, 0.25) is 0 Å². The third-order valence-corrected chi connectivity index (χ3v) is 3.91. The molecule has 1 aliphatic rings. The van der Waals surface area contributed by atoms with Crippen molar-refractivity contribution in [3.63, 3.8) is 0 Å². The van der Waals surface area contributed by atoms with Crippen LogP contribution in [-0.2, 0) is 0 Å². The van der Waals surface area contributed by atoms with Gasteiger partial charge in [0, 0.05) is 30.7 Å². The monoisotopic (exact) mass is 236 g/mol. The van der Waals surface area contributed by atoms with Gasteiger partial charge in [0.15, 0.2) is 0 Å². The molecule has 1 aromatic rings. The lowest BCUT2D eigenvalue weighted by Gasteiger charge is -2.40. The number of hydrogen-bond donors (Lipinski definition) is 1. The summed E-state index contributed by atoms with van der Waals surface area (Å²) >= 11 is 0. The second kappa shape index (κ2) is 5.05. The highest BCUT2D eigenvalue weighted by molar-refractivity contribution is 5.48. The Morgan fingerprint density at radius 2 is 2.06 bits per heavy atom. The minimum Gasteiger partial charge on any atom is -0.371 e. The summed E-state index contributed by atoms with van der Waals surface area (Å²) in [5, 5.41) is 0. The van der Waals surface area contributed by atoms with Crippen molar-refractivity contribution in [3.8, 4) is 0 Å². The Kier molecular flexibility index (Phi) is 3.67. The van der Waals surface area contributed by atoms with Crippen LogP contribution < -0.4 is 10.6 Å². The average Bonchev–Trinajstić information content (AvgIpc) is 2.39. The number of piperidine rings is 1. The number of aryl methyl sites for hydroxylation is 1. The molecule has 0 radical (unpaired) electrons. The maximum absolute atomic E-state index is 13.0. The normalized spacial score (nSPS) is 19.4. The summed E-state index contributed by atoms with van der Waals surface area (Å²) in [7, 11) is 0. The largest absolute Gasteiger partial charge is 0.371 e. The van der Waals surface area contributed by atoms with Crippen molar-refractivity contribution in [2.24, 2.45) is 11.1 Å². The summed E-state index contributed by atoms with van der Waals surface area (Å²) in [4.78, 5) is 2.33. The molecule has 0 spiro atoms. The first kappa shape index (κ1) is 12.4. The van der Waals surface area contributed by atoms with Gasteiger partial charge >= 0.3 is 0 Å². The standard InChI is InChI=1S/C14H21FN2/c1-12-3-2-4-13(9-12)17-7-5-14(10-15,11-16)6-8-17/h2-4,9H,5-8,10-11,16H2,1H3. The van der Waals surface area contributed by atoms with Crippen LogP contribution >= 0.6 is 0 Å². The number of anilines is 1. The van der Waals surface area contributed by atoms with Gasteiger partial charge in [-0.15, -0.1) is 0 Å². The molecule has 1 fully saturated rings. The summed E-state index contributed by atoms with van der Waals surface area (Å²) < 4.78 is 13.0. The van der Waals surface area contributed by atoms with Crippen LogP contribution in [0.3, 0.4) is 0 Å². The van der Waals surface area contributed by atoms with Crippen LogP contribution in [-0.4, -0.2) is 26.3 Å². The number of nitrogens with zero attached hydrogens (tertiary/aromatic N) is 1. The van der Waals surface area contributed by atoms with E-state index >= 15 is 0 Å². The minimum atomic E-state index is -0.287. The predicted octanol–water partition coefficient (Wildman–Crippen LogP) is 2.51. The lowest BCUT2D eigenvalue weighted by atomic mass is 9.79. The highest BCUT2D eigenvalue weighted by Crippen LogP contribution is 2.33. The quantitative estimate of drug-likeness (QED) is 0.873. The van der Waals surface area contributed by atoms with Crippen molar-refractivity contribution in [3.05, 3.63) is 29.8 Å². The number of rotatable bonds is 3. The fraction of sp³-hybridized carbons (Fsp3) is 0.571. The Morgan fingerprint density at radius 3 is 2.59 bits per heavy atom. The Hall–Kier alpha value is -1.09. The molecule has 1 saturated heterocycles.